The molecule has 0 fully saturated rings. The summed E-state index contributed by atoms with van der Waals surface area (Å²) in [4.78, 5) is 27.9. The lowest BCUT2D eigenvalue weighted by Gasteiger charge is -2.33. The first-order valence-corrected chi connectivity index (χ1v) is 13.6. The molecule has 11 heteroatoms. The van der Waals surface area contributed by atoms with Gasteiger partial charge in [-0.1, -0.05) is 66.0 Å². The number of sulfonamides is 1. The number of anilines is 1. The van der Waals surface area contributed by atoms with E-state index in [2.05, 4.69) is 5.32 Å². The highest BCUT2D eigenvalue weighted by Gasteiger charge is 2.33. The number of nitrogens with one attached hydrogen (secondary N) is 1. The lowest BCUT2D eigenvalue weighted by Crippen LogP contribution is -2.53. The SMILES string of the molecule is CC[C@@H](C(=O)NC(C)C)N(Cc1ccccc1Cl)C(=O)CN(c1cccc(Cl)c1Cl)S(C)(=O)=O. The molecule has 34 heavy (non-hydrogen) atoms. The van der Waals surface area contributed by atoms with Crippen molar-refractivity contribution in [1.82, 2.24) is 10.2 Å². The summed E-state index contributed by atoms with van der Waals surface area (Å²) >= 11 is 18.7. The first kappa shape index (κ1) is 28.2. The molecule has 0 radical (unpaired) electrons. The number of carbonyl (C=O) groups is 2. The molecule has 2 amide bonds. The van der Waals surface area contributed by atoms with Crippen LogP contribution in [0.25, 0.3) is 0 Å². The molecule has 0 aliphatic carbocycles. The Morgan fingerprint density at radius 1 is 1.00 bits per heavy atom. The maximum Gasteiger partial charge on any atom is 0.244 e. The number of halogens is 3. The van der Waals surface area contributed by atoms with Crippen molar-refractivity contribution in [3.8, 4) is 0 Å². The highest BCUT2D eigenvalue weighted by Crippen LogP contribution is 2.34. The van der Waals surface area contributed by atoms with Crippen LogP contribution in [0.3, 0.4) is 0 Å². The van der Waals surface area contributed by atoms with E-state index in [9.17, 15) is 18.0 Å². The van der Waals surface area contributed by atoms with E-state index in [0.717, 1.165) is 10.6 Å². The minimum absolute atomic E-state index is 0.00429. The lowest BCUT2D eigenvalue weighted by atomic mass is 10.1. The van der Waals surface area contributed by atoms with Gasteiger partial charge in [-0.3, -0.25) is 13.9 Å². The van der Waals surface area contributed by atoms with Gasteiger partial charge in [0, 0.05) is 17.6 Å². The van der Waals surface area contributed by atoms with Crippen molar-refractivity contribution in [3.63, 3.8) is 0 Å². The first-order valence-electron chi connectivity index (χ1n) is 10.6. The molecule has 2 rings (SSSR count). The zero-order valence-electron chi connectivity index (χ0n) is 19.4. The van der Waals surface area contributed by atoms with Crippen LogP contribution in [-0.2, 0) is 26.2 Å². The fourth-order valence-electron chi connectivity index (χ4n) is 3.39. The van der Waals surface area contributed by atoms with Crippen LogP contribution in [0, 0.1) is 0 Å². The number of hydrogen-bond acceptors (Lipinski definition) is 4. The Bertz CT molecular complexity index is 1140. The first-order chi connectivity index (χ1) is 15.9. The van der Waals surface area contributed by atoms with E-state index in [1.165, 1.54) is 17.0 Å². The number of nitrogens with zero attached hydrogens (tertiary/aromatic N) is 2. The second-order valence-corrected chi connectivity index (χ2v) is 11.1. The molecule has 0 heterocycles. The molecule has 1 N–H and O–H groups in total. The Kier molecular flexibility index (Phi) is 10.1. The van der Waals surface area contributed by atoms with Gasteiger partial charge in [0.25, 0.3) is 0 Å². The second kappa shape index (κ2) is 12.1. The van der Waals surface area contributed by atoms with Crippen molar-refractivity contribution in [1.29, 1.82) is 0 Å². The van der Waals surface area contributed by atoms with Crippen LogP contribution in [0.1, 0.15) is 32.8 Å². The molecule has 0 spiro atoms. The number of carbonyl (C=O) groups excluding carboxylic acids is 2. The second-order valence-electron chi connectivity index (χ2n) is 8.04. The molecule has 186 valence electrons. The third-order valence-electron chi connectivity index (χ3n) is 4.99. The van der Waals surface area contributed by atoms with Crippen molar-refractivity contribution >= 4 is 62.3 Å². The minimum Gasteiger partial charge on any atom is -0.352 e. The van der Waals surface area contributed by atoms with E-state index in [-0.39, 0.29) is 34.2 Å². The number of amides is 2. The van der Waals surface area contributed by atoms with E-state index in [1.807, 2.05) is 13.8 Å². The molecule has 0 aliphatic rings. The largest absolute Gasteiger partial charge is 0.352 e. The highest BCUT2D eigenvalue weighted by molar-refractivity contribution is 7.92. The summed E-state index contributed by atoms with van der Waals surface area (Å²) in [6, 6.07) is 10.5. The van der Waals surface area contributed by atoms with E-state index in [1.54, 1.807) is 37.3 Å². The van der Waals surface area contributed by atoms with Gasteiger partial charge in [0.1, 0.15) is 12.6 Å². The van der Waals surface area contributed by atoms with Gasteiger partial charge in [-0.2, -0.15) is 0 Å². The van der Waals surface area contributed by atoms with Crippen LogP contribution in [0.15, 0.2) is 42.5 Å². The smallest absolute Gasteiger partial charge is 0.244 e. The van der Waals surface area contributed by atoms with Crippen LogP contribution < -0.4 is 9.62 Å². The van der Waals surface area contributed by atoms with Crippen LogP contribution >= 0.6 is 34.8 Å². The van der Waals surface area contributed by atoms with Crippen LogP contribution in [0.2, 0.25) is 15.1 Å². The zero-order chi connectivity index (χ0) is 25.6. The summed E-state index contributed by atoms with van der Waals surface area (Å²) in [5, 5.41) is 3.41. The lowest BCUT2D eigenvalue weighted by molar-refractivity contribution is -0.140. The molecule has 0 saturated heterocycles. The van der Waals surface area contributed by atoms with Crippen molar-refractivity contribution in [2.75, 3.05) is 17.1 Å². The van der Waals surface area contributed by atoms with Crippen molar-refractivity contribution in [2.24, 2.45) is 0 Å². The summed E-state index contributed by atoms with van der Waals surface area (Å²) in [5.41, 5.74) is 0.697. The summed E-state index contributed by atoms with van der Waals surface area (Å²) in [6.45, 7) is 4.85. The molecule has 1 atom stereocenters. The fraction of sp³-hybridized carbons (Fsp3) is 0.391. The fourth-order valence-corrected chi connectivity index (χ4v) is 4.89. The zero-order valence-corrected chi connectivity index (χ0v) is 22.5. The van der Waals surface area contributed by atoms with Gasteiger partial charge in [-0.25, -0.2) is 8.42 Å². The van der Waals surface area contributed by atoms with Crippen LogP contribution in [-0.4, -0.2) is 50.0 Å². The van der Waals surface area contributed by atoms with Gasteiger partial charge < -0.3 is 10.2 Å². The van der Waals surface area contributed by atoms with Crippen molar-refractivity contribution < 1.29 is 18.0 Å². The molecule has 2 aromatic rings. The normalized spacial score (nSPS) is 12.4. The van der Waals surface area contributed by atoms with Gasteiger partial charge in [-0.05, 0) is 44.0 Å². The van der Waals surface area contributed by atoms with E-state index in [4.69, 9.17) is 34.8 Å². The monoisotopic (exact) mass is 547 g/mol. The Hall–Kier alpha value is -2.00. The summed E-state index contributed by atoms with van der Waals surface area (Å²) in [6.07, 6.45) is 1.28. The molecule has 0 saturated carbocycles. The maximum absolute atomic E-state index is 13.6. The Balaban J connectivity index is 2.50. The quantitative estimate of drug-likeness (QED) is 0.464. The number of rotatable bonds is 10. The molecule has 0 bridgehead atoms. The standard InChI is InChI=1S/C23H28Cl3N3O4S/c1-5-19(23(31)27-15(2)3)28(13-16-9-6-7-10-17(16)24)21(30)14-29(34(4,32)33)20-12-8-11-18(25)22(20)26/h6-12,15,19H,5,13-14H2,1-4H3,(H,27,31)/t19-/m0/s1. The molecule has 7 nitrogen and oxygen atoms in total. The maximum atomic E-state index is 13.6. The Morgan fingerprint density at radius 3 is 2.18 bits per heavy atom. The van der Waals surface area contributed by atoms with Gasteiger partial charge in [0.15, 0.2) is 0 Å². The van der Waals surface area contributed by atoms with Gasteiger partial charge in [0.05, 0.1) is 22.0 Å². The summed E-state index contributed by atoms with van der Waals surface area (Å²) in [5.74, 6) is -0.934. The third-order valence-corrected chi connectivity index (χ3v) is 7.30. The summed E-state index contributed by atoms with van der Waals surface area (Å²) < 4.78 is 26.2. The molecule has 0 unspecified atom stereocenters. The summed E-state index contributed by atoms with van der Waals surface area (Å²) in [7, 11) is -3.92. The molecule has 2 aromatic carbocycles. The molecule has 0 aromatic heterocycles. The van der Waals surface area contributed by atoms with Crippen molar-refractivity contribution in [3.05, 3.63) is 63.1 Å². The Labute approximate surface area is 216 Å². The van der Waals surface area contributed by atoms with Gasteiger partial charge >= 0.3 is 0 Å². The Morgan fingerprint density at radius 2 is 1.62 bits per heavy atom. The van der Waals surface area contributed by atoms with Gasteiger partial charge in [0.2, 0.25) is 21.8 Å². The number of hydrogen-bond donors (Lipinski definition) is 1. The molecular weight excluding hydrogens is 521 g/mol. The topological polar surface area (TPSA) is 86.8 Å². The average molecular weight is 549 g/mol. The van der Waals surface area contributed by atoms with E-state index >= 15 is 0 Å². The predicted molar refractivity (Wildman–Crippen MR) is 138 cm³/mol. The molecule has 0 aliphatic heterocycles. The van der Waals surface area contributed by atoms with E-state index in [0.29, 0.717) is 17.0 Å². The average Bonchev–Trinajstić information content (AvgIpc) is 2.74. The predicted octanol–water partition coefficient (Wildman–Crippen LogP) is 4.74. The van der Waals surface area contributed by atoms with Crippen LogP contribution in [0.4, 0.5) is 5.69 Å². The third kappa shape index (κ3) is 7.25. The van der Waals surface area contributed by atoms with E-state index < -0.39 is 28.5 Å². The number of benzene rings is 2. The molecular formula is C23H28Cl3N3O4S. The van der Waals surface area contributed by atoms with Crippen molar-refractivity contribution in [2.45, 2.75) is 45.8 Å². The van der Waals surface area contributed by atoms with Crippen LogP contribution in [0.5, 0.6) is 0 Å². The minimum atomic E-state index is -3.92. The highest BCUT2D eigenvalue weighted by atomic mass is 35.5. The van der Waals surface area contributed by atoms with Gasteiger partial charge in [-0.15, -0.1) is 0 Å².